The van der Waals surface area contributed by atoms with Crippen LogP contribution in [0.2, 0.25) is 5.02 Å². The molecule has 2 heterocycles. The van der Waals surface area contributed by atoms with Gasteiger partial charge in [0.25, 0.3) is 5.91 Å². The molecule has 1 saturated heterocycles. The van der Waals surface area contributed by atoms with Crippen LogP contribution < -0.4 is 5.32 Å². The first-order chi connectivity index (χ1) is 10.0. The van der Waals surface area contributed by atoms with E-state index in [0.29, 0.717) is 23.6 Å². The minimum Gasteiger partial charge on any atom is -0.295 e. The van der Waals surface area contributed by atoms with Gasteiger partial charge in [-0.15, -0.1) is 5.10 Å². The highest BCUT2D eigenvalue weighted by Crippen LogP contribution is 2.29. The van der Waals surface area contributed by atoms with Gasteiger partial charge in [0.1, 0.15) is 11.7 Å². The summed E-state index contributed by atoms with van der Waals surface area (Å²) in [4.78, 5) is 23.0. The van der Waals surface area contributed by atoms with E-state index >= 15 is 0 Å². The Hall–Kier alpha value is -1.73. The standard InChI is InChI=1S/C13H10BrClN4O2/c14-7-1-2-8(9(15)5-7)10-6-19(18-17-10)11-3-4-12(20)16-13(11)21/h1-2,5-6,11H,3-4H2,(H,16,20,21). The van der Waals surface area contributed by atoms with Crippen molar-refractivity contribution in [2.75, 3.05) is 0 Å². The van der Waals surface area contributed by atoms with Gasteiger partial charge in [-0.2, -0.15) is 0 Å². The lowest BCUT2D eigenvalue weighted by Gasteiger charge is -2.20. The Morgan fingerprint density at radius 2 is 2.19 bits per heavy atom. The molecular weight excluding hydrogens is 360 g/mol. The Bertz CT molecular complexity index is 731. The summed E-state index contributed by atoms with van der Waals surface area (Å²) in [5.41, 5.74) is 1.32. The monoisotopic (exact) mass is 368 g/mol. The van der Waals surface area contributed by atoms with E-state index in [1.54, 1.807) is 12.3 Å². The zero-order valence-corrected chi connectivity index (χ0v) is 13.1. The van der Waals surface area contributed by atoms with Gasteiger partial charge in [-0.3, -0.25) is 14.9 Å². The van der Waals surface area contributed by atoms with Gasteiger partial charge in [0, 0.05) is 16.5 Å². The minimum atomic E-state index is -0.516. The molecule has 0 saturated carbocycles. The van der Waals surface area contributed by atoms with Crippen LogP contribution in [-0.4, -0.2) is 26.8 Å². The molecule has 0 radical (unpaired) electrons. The summed E-state index contributed by atoms with van der Waals surface area (Å²) in [6, 6.07) is 4.93. The first-order valence-electron chi connectivity index (χ1n) is 6.25. The third-order valence-corrected chi connectivity index (χ3v) is 4.05. The van der Waals surface area contributed by atoms with Crippen LogP contribution in [0, 0.1) is 0 Å². The van der Waals surface area contributed by atoms with E-state index in [9.17, 15) is 9.59 Å². The predicted octanol–water partition coefficient (Wildman–Crippen LogP) is 2.34. The van der Waals surface area contributed by atoms with Crippen LogP contribution in [0.25, 0.3) is 11.3 Å². The topological polar surface area (TPSA) is 76.9 Å². The largest absolute Gasteiger partial charge is 0.295 e. The number of aromatic nitrogens is 3. The first-order valence-corrected chi connectivity index (χ1v) is 7.42. The van der Waals surface area contributed by atoms with Crippen molar-refractivity contribution in [3.63, 3.8) is 0 Å². The fraction of sp³-hybridized carbons (Fsp3) is 0.231. The van der Waals surface area contributed by atoms with E-state index in [0.717, 1.165) is 10.0 Å². The van der Waals surface area contributed by atoms with Crippen LogP contribution in [0.5, 0.6) is 0 Å². The van der Waals surface area contributed by atoms with Crippen molar-refractivity contribution in [3.8, 4) is 11.3 Å². The van der Waals surface area contributed by atoms with Crippen molar-refractivity contribution < 1.29 is 9.59 Å². The molecule has 1 unspecified atom stereocenters. The molecule has 2 aromatic rings. The zero-order chi connectivity index (χ0) is 15.0. The summed E-state index contributed by atoms with van der Waals surface area (Å²) in [6.45, 7) is 0. The number of benzene rings is 1. The maximum Gasteiger partial charge on any atom is 0.251 e. The molecular formula is C13H10BrClN4O2. The Morgan fingerprint density at radius 1 is 1.38 bits per heavy atom. The van der Waals surface area contributed by atoms with Gasteiger partial charge in [-0.1, -0.05) is 38.8 Å². The van der Waals surface area contributed by atoms with Crippen LogP contribution in [0.15, 0.2) is 28.9 Å². The fourth-order valence-corrected chi connectivity index (χ4v) is 2.95. The highest BCUT2D eigenvalue weighted by molar-refractivity contribution is 9.10. The minimum absolute atomic E-state index is 0.257. The Morgan fingerprint density at radius 3 is 2.90 bits per heavy atom. The summed E-state index contributed by atoms with van der Waals surface area (Å²) < 4.78 is 2.34. The lowest BCUT2D eigenvalue weighted by Crippen LogP contribution is -2.41. The van der Waals surface area contributed by atoms with Gasteiger partial charge < -0.3 is 0 Å². The molecule has 0 bridgehead atoms. The van der Waals surface area contributed by atoms with Crippen LogP contribution in [0.3, 0.4) is 0 Å². The summed E-state index contributed by atoms with van der Waals surface area (Å²) in [7, 11) is 0. The Labute approximate surface area is 133 Å². The van der Waals surface area contributed by atoms with Crippen molar-refractivity contribution in [2.24, 2.45) is 0 Å². The van der Waals surface area contributed by atoms with Crippen molar-refractivity contribution in [2.45, 2.75) is 18.9 Å². The number of hydrogen-bond donors (Lipinski definition) is 1. The van der Waals surface area contributed by atoms with E-state index in [2.05, 4.69) is 31.6 Å². The molecule has 21 heavy (non-hydrogen) atoms. The SMILES string of the molecule is O=C1CCC(n2cc(-c3ccc(Br)cc3Cl)nn2)C(=O)N1. The van der Waals surface area contributed by atoms with Gasteiger partial charge >= 0.3 is 0 Å². The summed E-state index contributed by atoms with van der Waals surface area (Å²) in [5, 5.41) is 10.9. The molecule has 1 aliphatic heterocycles. The van der Waals surface area contributed by atoms with Gasteiger partial charge in [0.15, 0.2) is 0 Å². The molecule has 1 N–H and O–H groups in total. The molecule has 1 fully saturated rings. The molecule has 6 nitrogen and oxygen atoms in total. The fourth-order valence-electron chi connectivity index (χ4n) is 2.18. The van der Waals surface area contributed by atoms with Crippen molar-refractivity contribution in [1.82, 2.24) is 20.3 Å². The number of piperidine rings is 1. The maximum absolute atomic E-state index is 11.8. The lowest BCUT2D eigenvalue weighted by atomic mass is 10.1. The van der Waals surface area contributed by atoms with Crippen molar-refractivity contribution >= 4 is 39.3 Å². The van der Waals surface area contributed by atoms with Crippen molar-refractivity contribution in [3.05, 3.63) is 33.9 Å². The number of halogens is 2. The number of nitrogens with zero attached hydrogens (tertiary/aromatic N) is 3. The van der Waals surface area contributed by atoms with Gasteiger partial charge in [0.05, 0.1) is 11.2 Å². The second-order valence-electron chi connectivity index (χ2n) is 4.67. The number of hydrogen-bond acceptors (Lipinski definition) is 4. The van der Waals surface area contributed by atoms with Crippen molar-refractivity contribution in [1.29, 1.82) is 0 Å². The van der Waals surface area contributed by atoms with E-state index < -0.39 is 6.04 Å². The Balaban J connectivity index is 1.89. The molecule has 1 aromatic carbocycles. The number of imide groups is 1. The second-order valence-corrected chi connectivity index (χ2v) is 6.00. The van der Waals surface area contributed by atoms with Crippen LogP contribution >= 0.6 is 27.5 Å². The van der Waals surface area contributed by atoms with Gasteiger partial charge in [0.2, 0.25) is 5.91 Å². The summed E-state index contributed by atoms with van der Waals surface area (Å²) in [5.74, 6) is -0.614. The summed E-state index contributed by atoms with van der Waals surface area (Å²) in [6.07, 6.45) is 2.38. The molecule has 1 atom stereocenters. The van der Waals surface area contributed by atoms with Crippen LogP contribution in [0.1, 0.15) is 18.9 Å². The molecule has 1 aliphatic rings. The normalized spacial score (nSPS) is 18.7. The zero-order valence-electron chi connectivity index (χ0n) is 10.7. The third kappa shape index (κ3) is 2.84. The Kier molecular flexibility index (Phi) is 3.77. The quantitative estimate of drug-likeness (QED) is 0.824. The number of amides is 2. The molecule has 0 aliphatic carbocycles. The van der Waals surface area contributed by atoms with E-state index in [4.69, 9.17) is 11.6 Å². The number of carbonyl (C=O) groups excluding carboxylic acids is 2. The molecule has 1 aromatic heterocycles. The van der Waals surface area contributed by atoms with Gasteiger partial charge in [-0.05, 0) is 18.6 Å². The average Bonchev–Trinajstić information content (AvgIpc) is 2.87. The van der Waals surface area contributed by atoms with Crippen LogP contribution in [-0.2, 0) is 9.59 Å². The molecule has 8 heteroatoms. The average molecular weight is 370 g/mol. The van der Waals surface area contributed by atoms with Crippen LogP contribution in [0.4, 0.5) is 0 Å². The number of nitrogens with one attached hydrogen (secondary N) is 1. The highest BCUT2D eigenvalue weighted by atomic mass is 79.9. The van der Waals surface area contributed by atoms with E-state index in [1.165, 1.54) is 4.68 Å². The third-order valence-electron chi connectivity index (χ3n) is 3.25. The predicted molar refractivity (Wildman–Crippen MR) is 79.6 cm³/mol. The van der Waals surface area contributed by atoms with Gasteiger partial charge in [-0.25, -0.2) is 4.68 Å². The molecule has 3 rings (SSSR count). The number of carbonyl (C=O) groups is 2. The molecule has 2 amide bonds. The molecule has 108 valence electrons. The first kappa shape index (κ1) is 14.2. The number of rotatable bonds is 2. The van der Waals surface area contributed by atoms with E-state index in [-0.39, 0.29) is 11.8 Å². The lowest BCUT2D eigenvalue weighted by molar-refractivity contribution is -0.136. The summed E-state index contributed by atoms with van der Waals surface area (Å²) >= 11 is 9.52. The highest BCUT2D eigenvalue weighted by Gasteiger charge is 2.29. The maximum atomic E-state index is 11.8. The smallest absolute Gasteiger partial charge is 0.251 e. The van der Waals surface area contributed by atoms with E-state index in [1.807, 2.05) is 12.1 Å². The second kappa shape index (κ2) is 5.57. The molecule has 0 spiro atoms.